The SMILES string of the molecule is CCCN(Cc1ccccc1)C(=O)NCCC(C)C. The highest BCUT2D eigenvalue weighted by molar-refractivity contribution is 5.74. The van der Waals surface area contributed by atoms with Crippen LogP contribution in [0.15, 0.2) is 30.3 Å². The summed E-state index contributed by atoms with van der Waals surface area (Å²) in [7, 11) is 0. The van der Waals surface area contributed by atoms with Gasteiger partial charge >= 0.3 is 6.03 Å². The van der Waals surface area contributed by atoms with Crippen LogP contribution in [0.25, 0.3) is 0 Å². The highest BCUT2D eigenvalue weighted by Crippen LogP contribution is 2.06. The van der Waals surface area contributed by atoms with Crippen molar-refractivity contribution in [1.82, 2.24) is 10.2 Å². The number of rotatable bonds is 7. The zero-order chi connectivity index (χ0) is 14.1. The van der Waals surface area contributed by atoms with Gasteiger partial charge in [0.05, 0.1) is 0 Å². The first-order valence-electron chi connectivity index (χ1n) is 7.20. The van der Waals surface area contributed by atoms with Gasteiger partial charge in [0.25, 0.3) is 0 Å². The molecule has 19 heavy (non-hydrogen) atoms. The molecule has 2 amide bonds. The Hall–Kier alpha value is -1.51. The number of hydrogen-bond donors (Lipinski definition) is 1. The van der Waals surface area contributed by atoms with Gasteiger partial charge in [-0.15, -0.1) is 0 Å². The summed E-state index contributed by atoms with van der Waals surface area (Å²) in [4.78, 5) is 14.0. The molecule has 1 N–H and O–H groups in total. The molecule has 0 bridgehead atoms. The Bertz CT molecular complexity index is 362. The average molecular weight is 262 g/mol. The molecule has 1 rings (SSSR count). The fourth-order valence-electron chi connectivity index (χ4n) is 1.91. The van der Waals surface area contributed by atoms with Crippen molar-refractivity contribution in [3.05, 3.63) is 35.9 Å². The standard InChI is InChI=1S/C16H26N2O/c1-4-12-18(13-15-8-6-5-7-9-15)16(19)17-11-10-14(2)3/h5-9,14H,4,10-13H2,1-3H3,(H,17,19). The van der Waals surface area contributed by atoms with E-state index in [0.29, 0.717) is 12.5 Å². The van der Waals surface area contributed by atoms with E-state index in [2.05, 4.69) is 38.2 Å². The van der Waals surface area contributed by atoms with Crippen molar-refractivity contribution in [2.24, 2.45) is 5.92 Å². The van der Waals surface area contributed by atoms with Gasteiger partial charge in [-0.05, 0) is 24.3 Å². The molecule has 0 spiro atoms. The van der Waals surface area contributed by atoms with Crippen molar-refractivity contribution in [3.8, 4) is 0 Å². The van der Waals surface area contributed by atoms with Crippen LogP contribution in [0, 0.1) is 5.92 Å². The monoisotopic (exact) mass is 262 g/mol. The van der Waals surface area contributed by atoms with E-state index >= 15 is 0 Å². The Morgan fingerprint density at radius 1 is 1.26 bits per heavy atom. The molecule has 3 heteroatoms. The van der Waals surface area contributed by atoms with Gasteiger partial charge in [0, 0.05) is 19.6 Å². The number of amides is 2. The van der Waals surface area contributed by atoms with Crippen molar-refractivity contribution < 1.29 is 4.79 Å². The van der Waals surface area contributed by atoms with Crippen LogP contribution >= 0.6 is 0 Å². The van der Waals surface area contributed by atoms with E-state index in [4.69, 9.17) is 0 Å². The molecule has 0 saturated carbocycles. The number of nitrogens with one attached hydrogen (secondary N) is 1. The molecule has 0 aromatic heterocycles. The minimum Gasteiger partial charge on any atom is -0.338 e. The van der Waals surface area contributed by atoms with Crippen molar-refractivity contribution >= 4 is 6.03 Å². The van der Waals surface area contributed by atoms with Crippen LogP contribution in [0.5, 0.6) is 0 Å². The van der Waals surface area contributed by atoms with E-state index in [1.165, 1.54) is 5.56 Å². The number of nitrogens with zero attached hydrogens (tertiary/aromatic N) is 1. The maximum atomic E-state index is 12.1. The Morgan fingerprint density at radius 3 is 2.53 bits per heavy atom. The lowest BCUT2D eigenvalue weighted by molar-refractivity contribution is 0.194. The first-order valence-corrected chi connectivity index (χ1v) is 7.20. The summed E-state index contributed by atoms with van der Waals surface area (Å²) < 4.78 is 0. The van der Waals surface area contributed by atoms with Crippen LogP contribution in [0.1, 0.15) is 39.2 Å². The largest absolute Gasteiger partial charge is 0.338 e. The molecule has 0 atom stereocenters. The highest BCUT2D eigenvalue weighted by atomic mass is 16.2. The van der Waals surface area contributed by atoms with E-state index in [9.17, 15) is 4.79 Å². The first kappa shape index (κ1) is 15.5. The maximum absolute atomic E-state index is 12.1. The molecule has 0 aliphatic carbocycles. The van der Waals surface area contributed by atoms with Crippen molar-refractivity contribution in [2.75, 3.05) is 13.1 Å². The minimum absolute atomic E-state index is 0.0475. The van der Waals surface area contributed by atoms with Gasteiger partial charge in [-0.25, -0.2) is 4.79 Å². The van der Waals surface area contributed by atoms with E-state index < -0.39 is 0 Å². The van der Waals surface area contributed by atoms with E-state index in [1.54, 1.807) is 0 Å². The summed E-state index contributed by atoms with van der Waals surface area (Å²) in [6, 6.07) is 10.2. The quantitative estimate of drug-likeness (QED) is 0.799. The van der Waals surface area contributed by atoms with Gasteiger partial charge in [-0.2, -0.15) is 0 Å². The van der Waals surface area contributed by atoms with Gasteiger partial charge in [0.15, 0.2) is 0 Å². The van der Waals surface area contributed by atoms with Crippen LogP contribution in [-0.4, -0.2) is 24.0 Å². The first-order chi connectivity index (χ1) is 9.13. The van der Waals surface area contributed by atoms with Gasteiger partial charge in [-0.1, -0.05) is 51.1 Å². The van der Waals surface area contributed by atoms with Gasteiger partial charge in [0.2, 0.25) is 0 Å². The third-order valence-corrected chi connectivity index (χ3v) is 2.99. The Labute approximate surface area is 117 Å². The zero-order valence-electron chi connectivity index (χ0n) is 12.4. The molecule has 0 aliphatic heterocycles. The van der Waals surface area contributed by atoms with Gasteiger partial charge in [-0.3, -0.25) is 0 Å². The summed E-state index contributed by atoms with van der Waals surface area (Å²) in [5.41, 5.74) is 1.18. The van der Waals surface area contributed by atoms with E-state index in [1.807, 2.05) is 23.1 Å². The predicted octanol–water partition coefficient (Wildman–Crippen LogP) is 3.65. The van der Waals surface area contributed by atoms with Crippen molar-refractivity contribution in [1.29, 1.82) is 0 Å². The molecule has 1 aromatic rings. The second kappa shape index (κ2) is 8.57. The van der Waals surface area contributed by atoms with E-state index in [0.717, 1.165) is 25.9 Å². The predicted molar refractivity (Wildman–Crippen MR) is 80.0 cm³/mol. The number of carbonyl (C=O) groups is 1. The molecule has 0 fully saturated rings. The Balaban J connectivity index is 2.49. The number of carbonyl (C=O) groups excluding carboxylic acids is 1. The molecule has 0 radical (unpaired) electrons. The van der Waals surface area contributed by atoms with Crippen LogP contribution in [-0.2, 0) is 6.54 Å². The lowest BCUT2D eigenvalue weighted by atomic mass is 10.1. The number of hydrogen-bond acceptors (Lipinski definition) is 1. The zero-order valence-corrected chi connectivity index (χ0v) is 12.4. The Morgan fingerprint density at radius 2 is 1.95 bits per heavy atom. The second-order valence-electron chi connectivity index (χ2n) is 5.32. The summed E-state index contributed by atoms with van der Waals surface area (Å²) in [6.07, 6.45) is 2.00. The molecular formula is C16H26N2O. The normalized spacial score (nSPS) is 10.5. The fourth-order valence-corrected chi connectivity index (χ4v) is 1.91. The maximum Gasteiger partial charge on any atom is 0.317 e. The topological polar surface area (TPSA) is 32.3 Å². The highest BCUT2D eigenvalue weighted by Gasteiger charge is 2.12. The lowest BCUT2D eigenvalue weighted by Gasteiger charge is -2.23. The molecule has 3 nitrogen and oxygen atoms in total. The third-order valence-electron chi connectivity index (χ3n) is 2.99. The molecule has 0 unspecified atom stereocenters. The summed E-state index contributed by atoms with van der Waals surface area (Å²) >= 11 is 0. The summed E-state index contributed by atoms with van der Waals surface area (Å²) in [6.45, 7) is 8.66. The fraction of sp³-hybridized carbons (Fsp3) is 0.562. The van der Waals surface area contributed by atoms with Crippen LogP contribution in [0.4, 0.5) is 4.79 Å². The van der Waals surface area contributed by atoms with Crippen molar-refractivity contribution in [2.45, 2.75) is 40.2 Å². The second-order valence-corrected chi connectivity index (χ2v) is 5.32. The lowest BCUT2D eigenvalue weighted by Crippen LogP contribution is -2.40. The molecule has 106 valence electrons. The van der Waals surface area contributed by atoms with Gasteiger partial charge < -0.3 is 10.2 Å². The van der Waals surface area contributed by atoms with Gasteiger partial charge in [0.1, 0.15) is 0 Å². The minimum atomic E-state index is 0.0475. The molecular weight excluding hydrogens is 236 g/mol. The number of benzene rings is 1. The Kier molecular flexibility index (Phi) is 7.01. The molecule has 0 aliphatic rings. The molecule has 1 aromatic carbocycles. The van der Waals surface area contributed by atoms with E-state index in [-0.39, 0.29) is 6.03 Å². The molecule has 0 heterocycles. The number of urea groups is 1. The summed E-state index contributed by atoms with van der Waals surface area (Å²) in [5, 5.41) is 3.01. The van der Waals surface area contributed by atoms with Crippen LogP contribution in [0.2, 0.25) is 0 Å². The molecule has 0 saturated heterocycles. The smallest absolute Gasteiger partial charge is 0.317 e. The summed E-state index contributed by atoms with van der Waals surface area (Å²) in [5.74, 6) is 0.619. The average Bonchev–Trinajstić information content (AvgIpc) is 2.39. The van der Waals surface area contributed by atoms with Crippen LogP contribution < -0.4 is 5.32 Å². The van der Waals surface area contributed by atoms with Crippen molar-refractivity contribution in [3.63, 3.8) is 0 Å². The third kappa shape index (κ3) is 6.27. The van der Waals surface area contributed by atoms with Crippen LogP contribution in [0.3, 0.4) is 0 Å².